The van der Waals surface area contributed by atoms with Crippen LogP contribution in [0.25, 0.3) is 0 Å². The Morgan fingerprint density at radius 3 is 2.86 bits per heavy atom. The number of esters is 1. The molecule has 0 saturated carbocycles. The number of hydrogen-bond acceptors (Lipinski definition) is 5. The average Bonchev–Trinajstić information content (AvgIpc) is 2.89. The summed E-state index contributed by atoms with van der Waals surface area (Å²) in [6.45, 7) is 2.69. The number of Topliss-reactive ketones (excluding diaryl/α,β-unsaturated/α-hetero) is 1. The summed E-state index contributed by atoms with van der Waals surface area (Å²) in [6, 6.07) is 2.55. The minimum Gasteiger partial charge on any atom is -0.493 e. The molecule has 1 heterocycles. The van der Waals surface area contributed by atoms with E-state index in [0.717, 1.165) is 20.0 Å². The van der Waals surface area contributed by atoms with Gasteiger partial charge in [0, 0.05) is 23.9 Å². The number of unbranched alkanes of at least 4 members (excludes halogenated alkanes) is 1. The molecule has 21 heavy (non-hydrogen) atoms. The van der Waals surface area contributed by atoms with E-state index in [4.69, 9.17) is 4.74 Å². The molecule has 0 amide bonds. The monoisotopic (exact) mass is 295 g/mol. The third-order valence-electron chi connectivity index (χ3n) is 3.41. The minimum absolute atomic E-state index is 0.233. The molecule has 1 aliphatic rings. The van der Waals surface area contributed by atoms with Crippen LogP contribution in [-0.4, -0.2) is 32.0 Å². The van der Waals surface area contributed by atoms with Crippen LogP contribution < -0.4 is 10.1 Å². The fraction of sp³-hybridized carbons (Fsp3) is 0.467. The van der Waals surface area contributed by atoms with Crippen molar-refractivity contribution in [2.45, 2.75) is 25.7 Å². The van der Waals surface area contributed by atoms with Crippen molar-refractivity contribution in [1.29, 1.82) is 0 Å². The van der Waals surface area contributed by atoms with E-state index in [-0.39, 0.29) is 6.54 Å². The maximum atomic E-state index is 13.6. The van der Waals surface area contributed by atoms with Crippen LogP contribution in [0.3, 0.4) is 0 Å². The van der Waals surface area contributed by atoms with Gasteiger partial charge in [-0.25, -0.2) is 9.18 Å². The number of fused-ring (bicyclic) bond motifs is 1. The summed E-state index contributed by atoms with van der Waals surface area (Å²) in [5, 5.41) is 2.93. The lowest BCUT2D eigenvalue weighted by molar-refractivity contribution is -0.152. The number of hydrogen-bond donors (Lipinski definition) is 1. The first kappa shape index (κ1) is 15.3. The second-order valence-electron chi connectivity index (χ2n) is 4.86. The number of anilines is 1. The largest absolute Gasteiger partial charge is 0.493 e. The van der Waals surface area contributed by atoms with E-state index in [1.165, 1.54) is 12.1 Å². The number of benzene rings is 1. The van der Waals surface area contributed by atoms with E-state index in [0.29, 0.717) is 23.6 Å². The van der Waals surface area contributed by atoms with Crippen molar-refractivity contribution in [3.05, 3.63) is 23.5 Å². The molecule has 0 radical (unpaired) electrons. The highest BCUT2D eigenvalue weighted by atomic mass is 19.1. The number of nitrogens with one attached hydrogen (secondary N) is 1. The lowest BCUT2D eigenvalue weighted by Crippen LogP contribution is -2.25. The zero-order valence-corrected chi connectivity index (χ0v) is 12.1. The number of ether oxygens (including phenoxy) is 2. The number of halogens is 1. The van der Waals surface area contributed by atoms with E-state index in [9.17, 15) is 14.0 Å². The summed E-state index contributed by atoms with van der Waals surface area (Å²) >= 11 is 0. The number of methoxy groups -OCH3 is 1. The minimum atomic E-state index is -0.904. The first-order chi connectivity index (χ1) is 10.1. The van der Waals surface area contributed by atoms with Crippen molar-refractivity contribution in [2.75, 3.05) is 25.6 Å². The molecule has 1 atom stereocenters. The fourth-order valence-corrected chi connectivity index (χ4v) is 2.33. The summed E-state index contributed by atoms with van der Waals surface area (Å²) < 4.78 is 23.6. The van der Waals surface area contributed by atoms with Gasteiger partial charge in [-0.15, -0.1) is 0 Å². The molecular formula is C15H18FNO4. The molecule has 0 aliphatic carbocycles. The Bertz CT molecular complexity index is 559. The molecule has 6 heteroatoms. The first-order valence-electron chi connectivity index (χ1n) is 6.90. The van der Waals surface area contributed by atoms with E-state index in [1.807, 2.05) is 6.92 Å². The number of carbonyl (C=O) groups is 2. The van der Waals surface area contributed by atoms with Gasteiger partial charge in [-0.2, -0.15) is 0 Å². The molecule has 1 N–H and O–H groups in total. The van der Waals surface area contributed by atoms with Crippen molar-refractivity contribution in [3.8, 4) is 5.75 Å². The first-order valence-corrected chi connectivity index (χ1v) is 6.90. The molecule has 1 aliphatic heterocycles. The SMILES string of the molecule is CCCCOc1cc(F)cc2c1C(C(=O)C(=O)OC)CN2. The van der Waals surface area contributed by atoms with Crippen LogP contribution in [0.15, 0.2) is 12.1 Å². The second-order valence-corrected chi connectivity index (χ2v) is 4.86. The Morgan fingerprint density at radius 2 is 2.19 bits per heavy atom. The van der Waals surface area contributed by atoms with E-state index in [1.54, 1.807) is 0 Å². The molecule has 0 bridgehead atoms. The second kappa shape index (κ2) is 6.56. The summed E-state index contributed by atoms with van der Waals surface area (Å²) in [5.41, 5.74) is 1.02. The van der Waals surface area contributed by atoms with Gasteiger partial charge in [0.05, 0.1) is 19.6 Å². The van der Waals surface area contributed by atoms with Gasteiger partial charge in [0.1, 0.15) is 11.6 Å². The van der Waals surface area contributed by atoms with Gasteiger partial charge >= 0.3 is 5.97 Å². The van der Waals surface area contributed by atoms with Gasteiger partial charge in [-0.3, -0.25) is 4.79 Å². The smallest absolute Gasteiger partial charge is 0.375 e. The molecule has 114 valence electrons. The van der Waals surface area contributed by atoms with Crippen molar-refractivity contribution < 1.29 is 23.5 Å². The Hall–Kier alpha value is -2.11. The Morgan fingerprint density at radius 1 is 1.43 bits per heavy atom. The molecule has 1 aromatic rings. The molecule has 1 aromatic carbocycles. The van der Waals surface area contributed by atoms with Crippen LogP contribution in [-0.2, 0) is 14.3 Å². The van der Waals surface area contributed by atoms with Crippen LogP contribution in [0.4, 0.5) is 10.1 Å². The Balaban J connectivity index is 2.31. The molecular weight excluding hydrogens is 277 g/mol. The van der Waals surface area contributed by atoms with Crippen LogP contribution in [0.2, 0.25) is 0 Å². The van der Waals surface area contributed by atoms with E-state index >= 15 is 0 Å². The molecule has 1 unspecified atom stereocenters. The summed E-state index contributed by atoms with van der Waals surface area (Å²) in [6.07, 6.45) is 1.77. The van der Waals surface area contributed by atoms with E-state index < -0.39 is 23.5 Å². The van der Waals surface area contributed by atoms with Gasteiger partial charge in [-0.05, 0) is 12.5 Å². The quantitative estimate of drug-likeness (QED) is 0.495. The van der Waals surface area contributed by atoms with E-state index in [2.05, 4.69) is 10.1 Å². The molecule has 0 saturated heterocycles. The number of rotatable bonds is 6. The van der Waals surface area contributed by atoms with Crippen molar-refractivity contribution in [2.24, 2.45) is 0 Å². The highest BCUT2D eigenvalue weighted by Gasteiger charge is 2.36. The third-order valence-corrected chi connectivity index (χ3v) is 3.41. The predicted molar refractivity (Wildman–Crippen MR) is 75.1 cm³/mol. The van der Waals surface area contributed by atoms with Crippen LogP contribution in [0, 0.1) is 5.82 Å². The summed E-state index contributed by atoms with van der Waals surface area (Å²) in [7, 11) is 1.16. The van der Waals surface area contributed by atoms with Gasteiger partial charge in [0.2, 0.25) is 5.78 Å². The maximum absolute atomic E-state index is 13.6. The zero-order chi connectivity index (χ0) is 15.4. The van der Waals surface area contributed by atoms with Crippen molar-refractivity contribution in [1.82, 2.24) is 0 Å². The molecule has 0 aromatic heterocycles. The van der Waals surface area contributed by atoms with Crippen LogP contribution in [0.5, 0.6) is 5.75 Å². The fourth-order valence-electron chi connectivity index (χ4n) is 2.33. The average molecular weight is 295 g/mol. The highest BCUT2D eigenvalue weighted by molar-refractivity contribution is 6.36. The Labute approximate surface area is 122 Å². The Kier molecular flexibility index (Phi) is 4.77. The topological polar surface area (TPSA) is 64.6 Å². The van der Waals surface area contributed by atoms with Gasteiger partial charge < -0.3 is 14.8 Å². The summed E-state index contributed by atoms with van der Waals surface area (Å²) in [5.74, 6) is -2.40. The van der Waals surface area contributed by atoms with Crippen LogP contribution in [0.1, 0.15) is 31.2 Å². The lowest BCUT2D eigenvalue weighted by atomic mass is 9.95. The standard InChI is InChI=1S/C15H18FNO4/c1-3-4-5-21-12-7-9(16)6-11-13(12)10(8-17-11)14(18)15(19)20-2/h6-7,10,17H,3-5,8H2,1-2H3. The normalized spacial score (nSPS) is 16.0. The molecule has 0 spiro atoms. The molecule has 0 fully saturated rings. The lowest BCUT2D eigenvalue weighted by Gasteiger charge is -2.14. The number of ketones is 1. The molecule has 2 rings (SSSR count). The van der Waals surface area contributed by atoms with Gasteiger partial charge in [0.25, 0.3) is 0 Å². The van der Waals surface area contributed by atoms with Crippen molar-refractivity contribution in [3.63, 3.8) is 0 Å². The maximum Gasteiger partial charge on any atom is 0.375 e. The van der Waals surface area contributed by atoms with Gasteiger partial charge in [0.15, 0.2) is 0 Å². The van der Waals surface area contributed by atoms with Gasteiger partial charge in [-0.1, -0.05) is 13.3 Å². The molecule has 5 nitrogen and oxygen atoms in total. The van der Waals surface area contributed by atoms with Crippen molar-refractivity contribution >= 4 is 17.4 Å². The third kappa shape index (κ3) is 3.15. The summed E-state index contributed by atoms with van der Waals surface area (Å²) in [4.78, 5) is 23.5. The highest BCUT2D eigenvalue weighted by Crippen LogP contribution is 2.40. The predicted octanol–water partition coefficient (Wildman–Crippen LogP) is 2.26. The zero-order valence-electron chi connectivity index (χ0n) is 12.1. The number of carbonyl (C=O) groups excluding carboxylic acids is 2. The van der Waals surface area contributed by atoms with Crippen LogP contribution >= 0.6 is 0 Å².